The van der Waals surface area contributed by atoms with Crippen LogP contribution in [-0.2, 0) is 0 Å². The van der Waals surface area contributed by atoms with Gasteiger partial charge in [0.05, 0.1) is 18.9 Å². The molecular formula is C29H23N3O5. The number of hydrogen-bond acceptors (Lipinski definition) is 6. The Balaban J connectivity index is 1.35. The van der Waals surface area contributed by atoms with Gasteiger partial charge in [-0.25, -0.2) is 10.2 Å². The van der Waals surface area contributed by atoms with Crippen molar-refractivity contribution in [3.63, 3.8) is 0 Å². The zero-order chi connectivity index (χ0) is 26.0. The third kappa shape index (κ3) is 6.67. The number of hydrogen-bond donors (Lipinski definition) is 2. The summed E-state index contributed by atoms with van der Waals surface area (Å²) in [6, 6.07) is 28.6. The molecule has 4 aromatic rings. The molecule has 0 aromatic heterocycles. The third-order valence-electron chi connectivity index (χ3n) is 5.26. The van der Waals surface area contributed by atoms with Crippen LogP contribution in [0.5, 0.6) is 11.5 Å². The molecule has 0 saturated carbocycles. The van der Waals surface area contributed by atoms with Crippen LogP contribution in [0.25, 0.3) is 0 Å². The first kappa shape index (κ1) is 24.9. The Labute approximate surface area is 213 Å². The third-order valence-corrected chi connectivity index (χ3v) is 5.26. The van der Waals surface area contributed by atoms with Gasteiger partial charge < -0.3 is 14.8 Å². The van der Waals surface area contributed by atoms with Gasteiger partial charge in [0.15, 0.2) is 0 Å². The Hall–Kier alpha value is -5.24. The van der Waals surface area contributed by atoms with Gasteiger partial charge in [0.1, 0.15) is 11.5 Å². The minimum absolute atomic E-state index is 0.242. The van der Waals surface area contributed by atoms with Gasteiger partial charge >= 0.3 is 5.97 Å². The van der Waals surface area contributed by atoms with Crippen LogP contribution >= 0.6 is 0 Å². The van der Waals surface area contributed by atoms with Gasteiger partial charge in [0.2, 0.25) is 0 Å². The highest BCUT2D eigenvalue weighted by Gasteiger charge is 2.12. The van der Waals surface area contributed by atoms with E-state index in [0.717, 1.165) is 0 Å². The molecule has 0 fully saturated rings. The van der Waals surface area contributed by atoms with Crippen molar-refractivity contribution in [2.24, 2.45) is 5.10 Å². The summed E-state index contributed by atoms with van der Waals surface area (Å²) in [5.41, 5.74) is 4.76. The van der Waals surface area contributed by atoms with Crippen molar-refractivity contribution < 1.29 is 23.9 Å². The first-order valence-electron chi connectivity index (χ1n) is 11.3. The molecule has 2 N–H and O–H groups in total. The standard InChI is InChI=1S/C29H23N3O5/c1-36-25-17-13-22(14-18-25)29(35)37-26-10-6-5-9-23(26)19-30-32-28(34)21-11-15-24(16-12-21)31-27(33)20-7-3-2-4-8-20/h2-19H,1H3,(H,31,33)(H,32,34)/b30-19-. The lowest BCUT2D eigenvalue weighted by atomic mass is 10.1. The number of rotatable bonds is 8. The first-order chi connectivity index (χ1) is 18.0. The van der Waals surface area contributed by atoms with E-state index in [1.54, 1.807) is 104 Å². The lowest BCUT2D eigenvalue weighted by Crippen LogP contribution is -2.18. The number of amides is 2. The van der Waals surface area contributed by atoms with E-state index >= 15 is 0 Å². The maximum Gasteiger partial charge on any atom is 0.343 e. The summed E-state index contributed by atoms with van der Waals surface area (Å²) in [5.74, 6) is -0.295. The van der Waals surface area contributed by atoms with Gasteiger partial charge in [-0.2, -0.15) is 5.10 Å². The molecular weight excluding hydrogens is 470 g/mol. The summed E-state index contributed by atoms with van der Waals surface area (Å²) >= 11 is 0. The van der Waals surface area contributed by atoms with Crippen molar-refractivity contribution in [1.29, 1.82) is 0 Å². The monoisotopic (exact) mass is 493 g/mol. The maximum atomic E-state index is 12.5. The van der Waals surface area contributed by atoms with Gasteiger partial charge in [-0.3, -0.25) is 9.59 Å². The first-order valence-corrected chi connectivity index (χ1v) is 11.3. The van der Waals surface area contributed by atoms with Crippen molar-refractivity contribution in [1.82, 2.24) is 5.43 Å². The van der Waals surface area contributed by atoms with Crippen LogP contribution in [0.2, 0.25) is 0 Å². The zero-order valence-corrected chi connectivity index (χ0v) is 19.9. The average Bonchev–Trinajstić information content (AvgIpc) is 2.94. The molecule has 4 rings (SSSR count). The van der Waals surface area contributed by atoms with Crippen molar-refractivity contribution in [2.45, 2.75) is 0 Å². The second kappa shape index (κ2) is 11.9. The van der Waals surface area contributed by atoms with E-state index in [0.29, 0.717) is 39.4 Å². The molecule has 0 radical (unpaired) electrons. The summed E-state index contributed by atoms with van der Waals surface area (Å²) in [5, 5.41) is 6.77. The van der Waals surface area contributed by atoms with Crippen molar-refractivity contribution >= 4 is 29.7 Å². The second-order valence-electron chi connectivity index (χ2n) is 7.75. The molecule has 0 aliphatic carbocycles. The molecule has 8 heteroatoms. The van der Waals surface area contributed by atoms with Crippen LogP contribution in [0.15, 0.2) is 108 Å². The summed E-state index contributed by atoms with van der Waals surface area (Å²) in [4.78, 5) is 37.3. The van der Waals surface area contributed by atoms with Gasteiger partial charge in [-0.15, -0.1) is 0 Å². The SMILES string of the molecule is COc1ccc(C(=O)Oc2ccccc2/C=N\NC(=O)c2ccc(NC(=O)c3ccccc3)cc2)cc1. The minimum Gasteiger partial charge on any atom is -0.497 e. The Bertz CT molecular complexity index is 1420. The highest BCUT2D eigenvalue weighted by atomic mass is 16.5. The van der Waals surface area contributed by atoms with Crippen LogP contribution in [0, 0.1) is 0 Å². The van der Waals surface area contributed by atoms with Crippen LogP contribution in [0.3, 0.4) is 0 Å². The Morgan fingerprint density at radius 1 is 0.703 bits per heavy atom. The number of nitrogens with zero attached hydrogens (tertiary/aromatic N) is 1. The number of methoxy groups -OCH3 is 1. The molecule has 2 amide bonds. The fourth-order valence-electron chi connectivity index (χ4n) is 3.29. The molecule has 0 aliphatic rings. The van der Waals surface area contributed by atoms with E-state index in [2.05, 4.69) is 15.8 Å². The predicted molar refractivity (Wildman–Crippen MR) is 140 cm³/mol. The molecule has 4 aromatic carbocycles. The van der Waals surface area contributed by atoms with E-state index in [-0.39, 0.29) is 5.91 Å². The number of ether oxygens (including phenoxy) is 2. The number of nitrogens with one attached hydrogen (secondary N) is 2. The Morgan fingerprint density at radius 2 is 1.32 bits per heavy atom. The second-order valence-corrected chi connectivity index (χ2v) is 7.75. The molecule has 0 bridgehead atoms. The summed E-state index contributed by atoms with van der Waals surface area (Å²) in [7, 11) is 1.54. The van der Waals surface area contributed by atoms with Crippen LogP contribution in [0.1, 0.15) is 36.6 Å². The number of esters is 1. The topological polar surface area (TPSA) is 106 Å². The van der Waals surface area contributed by atoms with E-state index < -0.39 is 11.9 Å². The number of carbonyl (C=O) groups is 3. The zero-order valence-electron chi connectivity index (χ0n) is 19.9. The molecule has 184 valence electrons. The average molecular weight is 494 g/mol. The number of benzene rings is 4. The fourth-order valence-corrected chi connectivity index (χ4v) is 3.29. The van der Waals surface area contributed by atoms with Gasteiger partial charge in [-0.05, 0) is 72.8 Å². The Kier molecular flexibility index (Phi) is 8.03. The number of carbonyl (C=O) groups excluding carboxylic acids is 3. The molecule has 37 heavy (non-hydrogen) atoms. The smallest absolute Gasteiger partial charge is 0.343 e. The number of anilines is 1. The van der Waals surface area contributed by atoms with Crippen LogP contribution < -0.4 is 20.2 Å². The largest absolute Gasteiger partial charge is 0.497 e. The van der Waals surface area contributed by atoms with Gasteiger partial charge in [0.25, 0.3) is 11.8 Å². The molecule has 0 aliphatic heterocycles. The summed E-state index contributed by atoms with van der Waals surface area (Å²) < 4.78 is 10.6. The van der Waals surface area contributed by atoms with Gasteiger partial charge in [-0.1, -0.05) is 30.3 Å². The predicted octanol–water partition coefficient (Wildman–Crippen LogP) is 4.93. The molecule has 0 spiro atoms. The Morgan fingerprint density at radius 3 is 2.03 bits per heavy atom. The van der Waals surface area contributed by atoms with Crippen LogP contribution in [0.4, 0.5) is 5.69 Å². The lowest BCUT2D eigenvalue weighted by molar-refractivity contribution is 0.0733. The van der Waals surface area contributed by atoms with Crippen molar-refractivity contribution in [2.75, 3.05) is 12.4 Å². The van der Waals surface area contributed by atoms with Crippen molar-refractivity contribution in [3.8, 4) is 11.5 Å². The van der Waals surface area contributed by atoms with E-state index in [1.807, 2.05) is 6.07 Å². The number of hydrazone groups is 1. The van der Waals surface area contributed by atoms with E-state index in [4.69, 9.17) is 9.47 Å². The van der Waals surface area contributed by atoms with E-state index in [1.165, 1.54) is 6.21 Å². The summed E-state index contributed by atoms with van der Waals surface area (Å²) in [6.07, 6.45) is 1.39. The van der Waals surface area contributed by atoms with Crippen LogP contribution in [-0.4, -0.2) is 31.1 Å². The number of para-hydroxylation sites is 1. The lowest BCUT2D eigenvalue weighted by Gasteiger charge is -2.08. The normalized spacial score (nSPS) is 10.5. The highest BCUT2D eigenvalue weighted by Crippen LogP contribution is 2.19. The molecule has 8 nitrogen and oxygen atoms in total. The van der Waals surface area contributed by atoms with E-state index in [9.17, 15) is 14.4 Å². The quantitative estimate of drug-likeness (QED) is 0.157. The van der Waals surface area contributed by atoms with Crippen molar-refractivity contribution in [3.05, 3.63) is 125 Å². The fraction of sp³-hybridized carbons (Fsp3) is 0.0345. The maximum absolute atomic E-state index is 12.5. The highest BCUT2D eigenvalue weighted by molar-refractivity contribution is 6.04. The summed E-state index contributed by atoms with van der Waals surface area (Å²) in [6.45, 7) is 0. The molecule has 0 saturated heterocycles. The van der Waals surface area contributed by atoms with Gasteiger partial charge in [0, 0.05) is 22.4 Å². The molecule has 0 heterocycles. The molecule has 0 unspecified atom stereocenters. The molecule has 0 atom stereocenters. The minimum atomic E-state index is -0.535.